The first-order valence-corrected chi connectivity index (χ1v) is 11.7. The van der Waals surface area contributed by atoms with E-state index >= 15 is 0 Å². The lowest BCUT2D eigenvalue weighted by Crippen LogP contribution is -2.21. The molecule has 0 bridgehead atoms. The molecular weight excluding hydrogens is 474 g/mol. The summed E-state index contributed by atoms with van der Waals surface area (Å²) in [5.41, 5.74) is 1.29. The molecule has 36 heavy (non-hydrogen) atoms. The Morgan fingerprint density at radius 2 is 1.08 bits per heavy atom. The molecule has 0 saturated heterocycles. The molecule has 0 saturated carbocycles. The molecule has 3 aromatic carbocycles. The Balaban J connectivity index is 1.71. The van der Waals surface area contributed by atoms with Gasteiger partial charge in [0.25, 0.3) is 0 Å². The fourth-order valence-electron chi connectivity index (χ4n) is 3.26. The molecule has 0 radical (unpaired) electrons. The summed E-state index contributed by atoms with van der Waals surface area (Å²) < 4.78 is 61.9. The van der Waals surface area contributed by atoms with Gasteiger partial charge in [0.05, 0.1) is 23.7 Å². The number of benzene rings is 3. The van der Waals surface area contributed by atoms with Gasteiger partial charge >= 0.3 is 0 Å². The highest BCUT2D eigenvalue weighted by atomic mass is 19.2. The summed E-state index contributed by atoms with van der Waals surface area (Å²) in [6.45, 7) is 7.75. The van der Waals surface area contributed by atoms with Gasteiger partial charge < -0.3 is 9.64 Å². The SMILES string of the molecule is CCCCOc1c(F)c(F)c(N=Nc2ccc(N=Nc3ccc(N(CC)CC)cc3)cc2)c(F)c1F. The number of anilines is 1. The fraction of sp³-hybridized carbons (Fsp3) is 0.308. The number of ether oxygens (including phenoxy) is 1. The summed E-state index contributed by atoms with van der Waals surface area (Å²) in [7, 11) is 0. The highest BCUT2D eigenvalue weighted by molar-refractivity contribution is 5.53. The monoisotopic (exact) mass is 501 g/mol. The Morgan fingerprint density at radius 1 is 0.639 bits per heavy atom. The van der Waals surface area contributed by atoms with Crippen LogP contribution in [0.5, 0.6) is 5.75 Å². The average molecular weight is 502 g/mol. The first-order valence-electron chi connectivity index (χ1n) is 11.7. The van der Waals surface area contributed by atoms with Crippen LogP contribution < -0.4 is 9.64 Å². The zero-order valence-corrected chi connectivity index (χ0v) is 20.3. The molecule has 3 rings (SSSR count). The van der Waals surface area contributed by atoms with Crippen molar-refractivity contribution in [1.82, 2.24) is 0 Å². The molecule has 0 aliphatic heterocycles. The number of unbranched alkanes of at least 4 members (excludes halogenated alkanes) is 1. The number of azo groups is 2. The van der Waals surface area contributed by atoms with Crippen molar-refractivity contribution in [1.29, 1.82) is 0 Å². The van der Waals surface area contributed by atoms with Gasteiger partial charge in [-0.3, -0.25) is 0 Å². The topological polar surface area (TPSA) is 61.9 Å². The van der Waals surface area contributed by atoms with Crippen LogP contribution in [0.2, 0.25) is 0 Å². The number of hydrogen-bond acceptors (Lipinski definition) is 6. The third kappa shape index (κ3) is 6.44. The smallest absolute Gasteiger partial charge is 0.206 e. The van der Waals surface area contributed by atoms with Crippen molar-refractivity contribution in [3.8, 4) is 5.75 Å². The van der Waals surface area contributed by atoms with Crippen LogP contribution in [0.3, 0.4) is 0 Å². The van der Waals surface area contributed by atoms with Crippen LogP contribution in [0, 0.1) is 23.3 Å². The average Bonchev–Trinajstić information content (AvgIpc) is 2.90. The predicted molar refractivity (Wildman–Crippen MR) is 131 cm³/mol. The molecule has 0 N–H and O–H groups in total. The maximum atomic E-state index is 14.3. The Hall–Kier alpha value is -3.82. The molecule has 190 valence electrons. The van der Waals surface area contributed by atoms with E-state index in [1.54, 1.807) is 12.1 Å². The first-order chi connectivity index (χ1) is 17.4. The molecule has 0 aliphatic carbocycles. The summed E-state index contributed by atoms with van der Waals surface area (Å²) in [5.74, 6) is -7.77. The van der Waals surface area contributed by atoms with Gasteiger partial charge in [-0.2, -0.15) is 24.1 Å². The van der Waals surface area contributed by atoms with E-state index < -0.39 is 34.7 Å². The Labute approximate surface area is 207 Å². The van der Waals surface area contributed by atoms with Crippen LogP contribution in [0.15, 0.2) is 69.0 Å². The molecule has 6 nitrogen and oxygen atoms in total. The van der Waals surface area contributed by atoms with E-state index in [9.17, 15) is 17.6 Å². The fourth-order valence-corrected chi connectivity index (χ4v) is 3.26. The van der Waals surface area contributed by atoms with Gasteiger partial charge in [-0.1, -0.05) is 13.3 Å². The molecule has 0 atom stereocenters. The van der Waals surface area contributed by atoms with Crippen molar-refractivity contribution < 1.29 is 22.3 Å². The zero-order chi connectivity index (χ0) is 26.1. The van der Waals surface area contributed by atoms with Crippen LogP contribution in [0.1, 0.15) is 33.6 Å². The van der Waals surface area contributed by atoms with Crippen LogP contribution in [0.4, 0.5) is 46.0 Å². The van der Waals surface area contributed by atoms with Gasteiger partial charge in [0.2, 0.25) is 11.6 Å². The normalized spacial score (nSPS) is 11.5. The molecule has 0 fully saturated rings. The van der Waals surface area contributed by atoms with Crippen molar-refractivity contribution in [2.24, 2.45) is 20.5 Å². The lowest BCUT2D eigenvalue weighted by atomic mass is 10.2. The maximum Gasteiger partial charge on any atom is 0.206 e. The molecule has 0 aromatic heterocycles. The number of nitrogens with zero attached hydrogens (tertiary/aromatic N) is 5. The summed E-state index contributed by atoms with van der Waals surface area (Å²) in [4.78, 5) is 2.21. The second-order valence-electron chi connectivity index (χ2n) is 7.74. The maximum absolute atomic E-state index is 14.3. The highest BCUT2D eigenvalue weighted by Gasteiger charge is 2.27. The van der Waals surface area contributed by atoms with Gasteiger partial charge in [0.1, 0.15) is 0 Å². The molecule has 0 heterocycles. The van der Waals surface area contributed by atoms with E-state index in [4.69, 9.17) is 4.74 Å². The summed E-state index contributed by atoms with van der Waals surface area (Å²) in [5, 5.41) is 15.4. The molecule has 0 aliphatic rings. The first kappa shape index (κ1) is 26.8. The molecule has 0 unspecified atom stereocenters. The van der Waals surface area contributed by atoms with Gasteiger partial charge in [-0.25, -0.2) is 8.78 Å². The Morgan fingerprint density at radius 3 is 1.53 bits per heavy atom. The highest BCUT2D eigenvalue weighted by Crippen LogP contribution is 2.36. The van der Waals surface area contributed by atoms with Gasteiger partial charge in [0, 0.05) is 18.8 Å². The van der Waals surface area contributed by atoms with Crippen molar-refractivity contribution >= 4 is 28.4 Å². The molecule has 0 spiro atoms. The quantitative estimate of drug-likeness (QED) is 0.114. The second-order valence-corrected chi connectivity index (χ2v) is 7.74. The van der Waals surface area contributed by atoms with E-state index in [2.05, 4.69) is 39.2 Å². The number of halogens is 4. The summed E-state index contributed by atoms with van der Waals surface area (Å²) in [6, 6.07) is 13.8. The van der Waals surface area contributed by atoms with E-state index in [1.165, 1.54) is 12.1 Å². The van der Waals surface area contributed by atoms with E-state index in [-0.39, 0.29) is 12.3 Å². The van der Waals surface area contributed by atoms with Crippen molar-refractivity contribution in [3.63, 3.8) is 0 Å². The van der Waals surface area contributed by atoms with Gasteiger partial charge in [0.15, 0.2) is 23.1 Å². The minimum atomic E-state index is -1.68. The van der Waals surface area contributed by atoms with Crippen molar-refractivity contribution in [2.75, 3.05) is 24.6 Å². The second kappa shape index (κ2) is 12.8. The standard InChI is InChI=1S/C26H27F4N5O/c1-4-7-16-36-26-23(29)21(27)25(22(28)24(26)30)34-33-18-10-8-17(9-11-18)31-32-19-12-14-20(15-13-19)35(5-2)6-3/h8-15H,4-7,16H2,1-3H3. The van der Waals surface area contributed by atoms with Gasteiger partial charge in [-0.15, -0.1) is 5.11 Å². The Kier molecular flexibility index (Phi) is 9.49. The lowest BCUT2D eigenvalue weighted by Gasteiger charge is -2.20. The lowest BCUT2D eigenvalue weighted by molar-refractivity contribution is 0.267. The Bertz CT molecular complexity index is 1180. The summed E-state index contributed by atoms with van der Waals surface area (Å²) >= 11 is 0. The van der Waals surface area contributed by atoms with Crippen molar-refractivity contribution in [2.45, 2.75) is 33.6 Å². The molecular formula is C26H27F4N5O. The predicted octanol–water partition coefficient (Wildman–Crippen LogP) is 9.10. The van der Waals surface area contributed by atoms with Crippen LogP contribution in [0.25, 0.3) is 0 Å². The minimum Gasteiger partial charge on any atom is -0.487 e. The number of rotatable bonds is 11. The third-order valence-corrected chi connectivity index (χ3v) is 5.32. The molecule has 3 aromatic rings. The van der Waals surface area contributed by atoms with Crippen LogP contribution in [-0.4, -0.2) is 19.7 Å². The minimum absolute atomic E-state index is 0.0740. The third-order valence-electron chi connectivity index (χ3n) is 5.32. The van der Waals surface area contributed by atoms with Crippen molar-refractivity contribution in [3.05, 3.63) is 71.8 Å². The van der Waals surface area contributed by atoms with E-state index in [1.807, 2.05) is 31.2 Å². The van der Waals surface area contributed by atoms with Gasteiger partial charge in [-0.05, 0) is 68.8 Å². The van der Waals surface area contributed by atoms with Crippen LogP contribution in [-0.2, 0) is 0 Å². The summed E-state index contributed by atoms with van der Waals surface area (Å²) in [6.07, 6.45) is 1.16. The van der Waals surface area contributed by atoms with Crippen LogP contribution >= 0.6 is 0 Å². The molecule has 10 heteroatoms. The molecule has 0 amide bonds. The largest absolute Gasteiger partial charge is 0.487 e. The number of hydrogen-bond donors (Lipinski definition) is 0. The zero-order valence-electron chi connectivity index (χ0n) is 20.3. The van der Waals surface area contributed by atoms with E-state index in [0.717, 1.165) is 18.8 Å². The van der Waals surface area contributed by atoms with E-state index in [0.29, 0.717) is 24.2 Å².